The Morgan fingerprint density at radius 1 is 1.40 bits per heavy atom. The largest absolute Gasteiger partial charge is 0.492 e. The fourth-order valence-electron chi connectivity index (χ4n) is 3.79. The smallest absolute Gasteiger partial charge is 0.137 e. The second-order valence-electron chi connectivity index (χ2n) is 5.99. The summed E-state index contributed by atoms with van der Waals surface area (Å²) < 4.78 is 5.53. The highest BCUT2D eigenvalue weighted by atomic mass is 16.5. The third-order valence-electron chi connectivity index (χ3n) is 4.94. The zero-order chi connectivity index (χ0) is 14.2. The number of ether oxygens (including phenoxy) is 1. The molecular weight excluding hydrogens is 250 g/mol. The van der Waals surface area contributed by atoms with Crippen LogP contribution in [0.5, 0.6) is 5.75 Å². The summed E-state index contributed by atoms with van der Waals surface area (Å²) in [5.41, 5.74) is 0.634. The normalized spacial score (nSPS) is 32.9. The number of pyridine rings is 1. The molecule has 2 fully saturated rings. The van der Waals surface area contributed by atoms with Crippen LogP contribution in [-0.2, 0) is 5.41 Å². The van der Waals surface area contributed by atoms with Crippen molar-refractivity contribution < 1.29 is 4.74 Å². The van der Waals surface area contributed by atoms with Gasteiger partial charge in [-0.1, -0.05) is 0 Å². The van der Waals surface area contributed by atoms with Gasteiger partial charge in [-0.05, 0) is 51.3 Å². The lowest BCUT2D eigenvalue weighted by Crippen LogP contribution is -2.47. The first kappa shape index (κ1) is 13.4. The van der Waals surface area contributed by atoms with Crippen molar-refractivity contribution >= 4 is 0 Å². The molecule has 0 radical (unpaired) electrons. The maximum absolute atomic E-state index is 9.83. The molecule has 0 saturated carbocycles. The molecule has 20 heavy (non-hydrogen) atoms. The maximum atomic E-state index is 9.83. The Bertz CT molecular complexity index is 523. The number of hydrogen-bond acceptors (Lipinski definition) is 4. The molecule has 0 amide bonds. The number of piperidine rings is 1. The van der Waals surface area contributed by atoms with Gasteiger partial charge in [-0.15, -0.1) is 0 Å². The number of nitriles is 1. The minimum Gasteiger partial charge on any atom is -0.492 e. The van der Waals surface area contributed by atoms with Gasteiger partial charge in [0.15, 0.2) is 0 Å². The minimum atomic E-state index is -0.390. The first-order chi connectivity index (χ1) is 9.68. The summed E-state index contributed by atoms with van der Waals surface area (Å²) in [5.74, 6) is 0.769. The van der Waals surface area contributed by atoms with Crippen LogP contribution < -0.4 is 4.74 Å². The summed E-state index contributed by atoms with van der Waals surface area (Å²) in [4.78, 5) is 6.72. The SMILES string of the molecule is CCOc1cncc(C2(C#N)CC3CCC(C2)N3C)c1. The second kappa shape index (κ2) is 5.06. The van der Waals surface area contributed by atoms with Crippen molar-refractivity contribution in [1.29, 1.82) is 5.26 Å². The van der Waals surface area contributed by atoms with E-state index in [0.717, 1.165) is 24.2 Å². The summed E-state index contributed by atoms with van der Waals surface area (Å²) in [6, 6.07) is 5.67. The minimum absolute atomic E-state index is 0.390. The predicted molar refractivity (Wildman–Crippen MR) is 76.5 cm³/mol. The lowest BCUT2D eigenvalue weighted by molar-refractivity contribution is 0.135. The van der Waals surface area contributed by atoms with Crippen LogP contribution in [0.2, 0.25) is 0 Å². The Hall–Kier alpha value is -1.60. The van der Waals surface area contributed by atoms with Gasteiger partial charge in [-0.25, -0.2) is 0 Å². The maximum Gasteiger partial charge on any atom is 0.137 e. The summed E-state index contributed by atoms with van der Waals surface area (Å²) in [5, 5.41) is 9.83. The van der Waals surface area contributed by atoms with Crippen molar-refractivity contribution in [1.82, 2.24) is 9.88 Å². The van der Waals surface area contributed by atoms with Crippen LogP contribution in [0.3, 0.4) is 0 Å². The monoisotopic (exact) mass is 271 g/mol. The van der Waals surface area contributed by atoms with Gasteiger partial charge < -0.3 is 9.64 Å². The molecule has 1 aromatic rings. The number of fused-ring (bicyclic) bond motifs is 2. The average Bonchev–Trinajstić information content (AvgIpc) is 2.70. The van der Waals surface area contributed by atoms with Crippen LogP contribution in [0.25, 0.3) is 0 Å². The van der Waals surface area contributed by atoms with Crippen LogP contribution in [0.4, 0.5) is 0 Å². The van der Waals surface area contributed by atoms with E-state index in [2.05, 4.69) is 23.0 Å². The Morgan fingerprint density at radius 2 is 2.10 bits per heavy atom. The molecule has 2 atom stereocenters. The van der Waals surface area contributed by atoms with Gasteiger partial charge in [-0.3, -0.25) is 4.98 Å². The number of nitrogens with zero attached hydrogens (tertiary/aromatic N) is 3. The molecule has 1 aromatic heterocycles. The first-order valence-corrected chi connectivity index (χ1v) is 7.40. The third kappa shape index (κ3) is 2.06. The molecule has 2 aliphatic rings. The predicted octanol–water partition coefficient (Wildman–Crippen LogP) is 2.50. The molecule has 2 unspecified atom stereocenters. The lowest BCUT2D eigenvalue weighted by atomic mass is 9.71. The number of hydrogen-bond donors (Lipinski definition) is 0. The Kier molecular flexibility index (Phi) is 3.39. The van der Waals surface area contributed by atoms with Crippen molar-refractivity contribution in [3.63, 3.8) is 0 Å². The van der Waals surface area contributed by atoms with Gasteiger partial charge in [0, 0.05) is 18.3 Å². The highest BCUT2D eigenvalue weighted by molar-refractivity contribution is 5.37. The molecule has 2 bridgehead atoms. The lowest BCUT2D eigenvalue weighted by Gasteiger charge is -2.41. The quantitative estimate of drug-likeness (QED) is 0.847. The van der Waals surface area contributed by atoms with Crippen LogP contribution >= 0.6 is 0 Å². The molecule has 2 aliphatic heterocycles. The van der Waals surface area contributed by atoms with Crippen molar-refractivity contribution in [2.75, 3.05) is 13.7 Å². The molecule has 3 rings (SSSR count). The van der Waals surface area contributed by atoms with Gasteiger partial charge >= 0.3 is 0 Å². The summed E-state index contributed by atoms with van der Waals surface area (Å²) in [7, 11) is 2.19. The average molecular weight is 271 g/mol. The van der Waals surface area contributed by atoms with Gasteiger partial charge in [0.25, 0.3) is 0 Å². The summed E-state index contributed by atoms with van der Waals surface area (Å²) >= 11 is 0. The van der Waals surface area contributed by atoms with Crippen LogP contribution in [0.1, 0.15) is 38.2 Å². The van der Waals surface area contributed by atoms with Crippen molar-refractivity contribution in [3.8, 4) is 11.8 Å². The molecule has 0 spiro atoms. The highest BCUT2D eigenvalue weighted by Crippen LogP contribution is 2.46. The van der Waals surface area contributed by atoms with Crippen molar-refractivity contribution in [2.24, 2.45) is 0 Å². The molecule has 4 nitrogen and oxygen atoms in total. The van der Waals surface area contributed by atoms with Crippen LogP contribution in [0, 0.1) is 11.3 Å². The Labute approximate surface area is 120 Å². The molecule has 2 saturated heterocycles. The third-order valence-corrected chi connectivity index (χ3v) is 4.94. The zero-order valence-electron chi connectivity index (χ0n) is 12.2. The molecule has 106 valence electrons. The highest BCUT2D eigenvalue weighted by Gasteiger charge is 2.48. The number of rotatable bonds is 3. The Balaban J connectivity index is 1.94. The summed E-state index contributed by atoms with van der Waals surface area (Å²) in [6.45, 7) is 2.58. The van der Waals surface area contributed by atoms with E-state index >= 15 is 0 Å². The standard InChI is InChI=1S/C16H21N3O/c1-3-20-15-6-12(9-18-10-15)16(11-17)7-13-4-5-14(8-16)19(13)2/h6,9-10,13-14H,3-5,7-8H2,1-2H3. The van der Waals surface area contributed by atoms with E-state index in [-0.39, 0.29) is 0 Å². The molecular formula is C16H21N3O. The van der Waals surface area contributed by atoms with Crippen LogP contribution in [0.15, 0.2) is 18.5 Å². The molecule has 4 heteroatoms. The molecule has 3 heterocycles. The molecule has 0 aromatic carbocycles. The first-order valence-electron chi connectivity index (χ1n) is 7.40. The van der Waals surface area contributed by atoms with E-state index < -0.39 is 5.41 Å². The number of aromatic nitrogens is 1. The zero-order valence-corrected chi connectivity index (χ0v) is 12.2. The van der Waals surface area contributed by atoms with E-state index in [1.165, 1.54) is 12.8 Å². The van der Waals surface area contributed by atoms with E-state index in [4.69, 9.17) is 4.74 Å². The van der Waals surface area contributed by atoms with Crippen LogP contribution in [-0.4, -0.2) is 35.6 Å². The molecule has 0 N–H and O–H groups in total. The van der Waals surface area contributed by atoms with E-state index in [1.807, 2.05) is 19.2 Å². The fourth-order valence-corrected chi connectivity index (χ4v) is 3.79. The fraction of sp³-hybridized carbons (Fsp3) is 0.625. The van der Waals surface area contributed by atoms with E-state index in [9.17, 15) is 5.26 Å². The van der Waals surface area contributed by atoms with E-state index in [0.29, 0.717) is 18.7 Å². The van der Waals surface area contributed by atoms with Gasteiger partial charge in [-0.2, -0.15) is 5.26 Å². The second-order valence-corrected chi connectivity index (χ2v) is 5.99. The Morgan fingerprint density at radius 3 is 2.70 bits per heavy atom. The van der Waals surface area contributed by atoms with Gasteiger partial charge in [0.2, 0.25) is 0 Å². The van der Waals surface area contributed by atoms with E-state index in [1.54, 1.807) is 6.20 Å². The topological polar surface area (TPSA) is 49.1 Å². The summed E-state index contributed by atoms with van der Waals surface area (Å²) in [6.07, 6.45) is 7.81. The van der Waals surface area contributed by atoms with Crippen molar-refractivity contribution in [2.45, 2.75) is 50.1 Å². The van der Waals surface area contributed by atoms with Gasteiger partial charge in [0.05, 0.1) is 24.3 Å². The van der Waals surface area contributed by atoms with Gasteiger partial charge in [0.1, 0.15) is 5.75 Å². The molecule has 0 aliphatic carbocycles. The van der Waals surface area contributed by atoms with Crippen molar-refractivity contribution in [3.05, 3.63) is 24.0 Å².